The fraction of sp³-hybridized carbons (Fsp3) is 0.270. The number of halogens is 3. The number of carboxylic acid groups (broad SMARTS) is 1. The Kier molecular flexibility index (Phi) is 10.2. The largest absolute Gasteiger partial charge is 0.525 e. The lowest BCUT2D eigenvalue weighted by atomic mass is 9.96. The summed E-state index contributed by atoms with van der Waals surface area (Å²) in [5.41, 5.74) is 3.74. The van der Waals surface area contributed by atoms with Gasteiger partial charge >= 0.3 is 24.3 Å². The smallest absolute Gasteiger partial charge is 0.489 e. The number of carboxylic acids is 1. The van der Waals surface area contributed by atoms with Crippen LogP contribution in [0.1, 0.15) is 47.6 Å². The molecular weight excluding hydrogens is 625 g/mol. The highest BCUT2D eigenvalue weighted by Gasteiger charge is 2.50. The summed E-state index contributed by atoms with van der Waals surface area (Å²) in [7, 11) is 0. The highest BCUT2D eigenvalue weighted by Crippen LogP contribution is 2.32. The Labute approximate surface area is 276 Å². The Balaban J connectivity index is 1.32. The summed E-state index contributed by atoms with van der Waals surface area (Å²) < 4.78 is 49.4. The van der Waals surface area contributed by atoms with Crippen molar-refractivity contribution >= 4 is 18.1 Å². The monoisotopic (exact) mass is 661 g/mol. The standard InChI is InChI=1S/C37H35F3N2O6/c1-24(2)48-36(46)42(35(45)41-21-33(34(43)44)29-12-10-27(11-13-29)26-6-4-3-5-7-26)19-18-28-14-17-32(20-30(28)22-42)47-23-25-8-15-31(16-9-25)37(38,39)40/h3-17,20,24,33H,18-19,21-23H2,1-2H3,(H-,41,43,44,45)/p+1. The molecule has 1 aliphatic heterocycles. The number of nitrogens with one attached hydrogen (secondary N) is 1. The second kappa shape index (κ2) is 14.3. The first-order chi connectivity index (χ1) is 22.9. The van der Waals surface area contributed by atoms with E-state index < -0.39 is 46.3 Å². The van der Waals surface area contributed by atoms with Crippen molar-refractivity contribution in [3.8, 4) is 16.9 Å². The molecule has 0 spiro atoms. The molecule has 4 aromatic carbocycles. The first-order valence-electron chi connectivity index (χ1n) is 15.5. The minimum absolute atomic E-state index is 0.00963. The molecule has 4 aromatic rings. The summed E-state index contributed by atoms with van der Waals surface area (Å²) >= 11 is 0. The molecule has 11 heteroatoms. The van der Waals surface area contributed by atoms with E-state index in [0.717, 1.165) is 28.8 Å². The molecule has 3 amide bonds. The van der Waals surface area contributed by atoms with E-state index >= 15 is 0 Å². The Morgan fingerprint density at radius 3 is 2.17 bits per heavy atom. The van der Waals surface area contributed by atoms with Crippen molar-refractivity contribution in [2.75, 3.05) is 13.1 Å². The molecule has 2 atom stereocenters. The van der Waals surface area contributed by atoms with Gasteiger partial charge in [-0.1, -0.05) is 72.8 Å². The van der Waals surface area contributed by atoms with E-state index in [1.807, 2.05) is 48.5 Å². The number of carbonyl (C=O) groups is 3. The normalized spacial score (nSPS) is 16.5. The number of nitrogens with zero attached hydrogens (tertiary/aromatic N) is 1. The highest BCUT2D eigenvalue weighted by atomic mass is 19.4. The number of alkyl halides is 3. The number of carbonyl (C=O) groups excluding carboxylic acids is 2. The van der Waals surface area contributed by atoms with Gasteiger partial charge in [0.05, 0.1) is 11.5 Å². The number of urea groups is 1. The highest BCUT2D eigenvalue weighted by molar-refractivity contribution is 5.82. The van der Waals surface area contributed by atoms with Gasteiger partial charge in [0.25, 0.3) is 0 Å². The number of fused-ring (bicyclic) bond motifs is 1. The summed E-state index contributed by atoms with van der Waals surface area (Å²) in [6.07, 6.45) is -5.34. The maximum atomic E-state index is 13.9. The van der Waals surface area contributed by atoms with Crippen LogP contribution in [0.4, 0.5) is 22.8 Å². The number of quaternary nitrogens is 1. The van der Waals surface area contributed by atoms with Crippen molar-refractivity contribution in [1.82, 2.24) is 5.32 Å². The number of aliphatic carboxylic acids is 1. The number of amides is 3. The molecule has 0 fully saturated rings. The fourth-order valence-electron chi connectivity index (χ4n) is 5.66. The Morgan fingerprint density at radius 1 is 0.875 bits per heavy atom. The van der Waals surface area contributed by atoms with Gasteiger partial charge in [-0.3, -0.25) is 4.79 Å². The van der Waals surface area contributed by atoms with Gasteiger partial charge in [0.2, 0.25) is 0 Å². The number of rotatable bonds is 9. The Morgan fingerprint density at radius 2 is 1.54 bits per heavy atom. The van der Waals surface area contributed by atoms with Crippen LogP contribution < -0.4 is 10.1 Å². The first-order valence-corrected chi connectivity index (χ1v) is 15.5. The lowest BCUT2D eigenvalue weighted by Gasteiger charge is -2.36. The van der Waals surface area contributed by atoms with Crippen LogP contribution in [0.2, 0.25) is 0 Å². The van der Waals surface area contributed by atoms with Crippen LogP contribution in [0.5, 0.6) is 5.75 Å². The van der Waals surface area contributed by atoms with Crippen molar-refractivity contribution in [1.29, 1.82) is 0 Å². The number of ether oxygens (including phenoxy) is 2. The molecule has 0 bridgehead atoms. The van der Waals surface area contributed by atoms with Gasteiger partial charge in [-0.05, 0) is 65.9 Å². The number of hydrogen-bond acceptors (Lipinski definition) is 5. The van der Waals surface area contributed by atoms with Crippen molar-refractivity contribution in [2.45, 2.75) is 51.6 Å². The molecule has 8 nitrogen and oxygen atoms in total. The summed E-state index contributed by atoms with van der Waals surface area (Å²) in [5, 5.41) is 12.8. The minimum atomic E-state index is -4.44. The molecule has 48 heavy (non-hydrogen) atoms. The molecule has 250 valence electrons. The van der Waals surface area contributed by atoms with E-state index in [1.54, 1.807) is 38.1 Å². The second-order valence-electron chi connectivity index (χ2n) is 12.0. The van der Waals surface area contributed by atoms with Gasteiger partial charge in [0.15, 0.2) is 0 Å². The topological polar surface area (TPSA) is 102 Å². The molecule has 0 aliphatic carbocycles. The van der Waals surface area contributed by atoms with Gasteiger partial charge in [-0.25, -0.2) is 4.79 Å². The third-order valence-corrected chi connectivity index (χ3v) is 8.32. The van der Waals surface area contributed by atoms with Crippen molar-refractivity contribution in [3.63, 3.8) is 0 Å². The second-order valence-corrected chi connectivity index (χ2v) is 12.0. The third-order valence-electron chi connectivity index (χ3n) is 8.32. The van der Waals surface area contributed by atoms with E-state index in [-0.39, 0.29) is 26.2 Å². The average molecular weight is 662 g/mol. The van der Waals surface area contributed by atoms with E-state index in [2.05, 4.69) is 5.32 Å². The van der Waals surface area contributed by atoms with Crippen LogP contribution >= 0.6 is 0 Å². The van der Waals surface area contributed by atoms with Crippen molar-refractivity contribution < 1.29 is 46.6 Å². The number of hydrogen-bond donors (Lipinski definition) is 2. The Bertz CT molecular complexity index is 1760. The maximum absolute atomic E-state index is 13.9. The molecule has 1 heterocycles. The Hall–Kier alpha value is -5.16. The molecule has 2 N–H and O–H groups in total. The van der Waals surface area contributed by atoms with Gasteiger partial charge in [0, 0.05) is 18.5 Å². The predicted octanol–water partition coefficient (Wildman–Crippen LogP) is 7.95. The lowest BCUT2D eigenvalue weighted by Crippen LogP contribution is -2.63. The zero-order chi connectivity index (χ0) is 34.5. The molecule has 0 saturated heterocycles. The SMILES string of the molecule is CC(C)OC(=O)[N+]1(C(=O)NCC(C(=O)O)c2ccc(-c3ccccc3)cc2)CCc2ccc(OCc3ccc(C(F)(F)F)cc3)cc2C1. The first kappa shape index (κ1) is 34.2. The molecule has 5 rings (SSSR count). The van der Waals surface area contributed by atoms with Crippen LogP contribution in [-0.2, 0) is 35.3 Å². The van der Waals surface area contributed by atoms with Crippen LogP contribution in [0.3, 0.4) is 0 Å². The summed E-state index contributed by atoms with van der Waals surface area (Å²) in [6.45, 7) is 3.15. The molecule has 0 radical (unpaired) electrons. The van der Waals surface area contributed by atoms with Gasteiger partial charge in [-0.15, -0.1) is 4.48 Å². The maximum Gasteiger partial charge on any atom is 0.525 e. The van der Waals surface area contributed by atoms with Crippen LogP contribution in [0.15, 0.2) is 97.1 Å². The number of imide groups is 1. The lowest BCUT2D eigenvalue weighted by molar-refractivity contribution is -0.794. The van der Waals surface area contributed by atoms with Crippen LogP contribution in [0, 0.1) is 0 Å². The average Bonchev–Trinajstić information content (AvgIpc) is 3.07. The molecule has 2 unspecified atom stereocenters. The van der Waals surface area contributed by atoms with E-state index in [4.69, 9.17) is 9.47 Å². The van der Waals surface area contributed by atoms with E-state index in [9.17, 15) is 32.7 Å². The minimum Gasteiger partial charge on any atom is -0.489 e. The summed E-state index contributed by atoms with van der Waals surface area (Å²) in [6, 6.07) is 26.0. The summed E-state index contributed by atoms with van der Waals surface area (Å²) in [4.78, 5) is 39.8. The number of benzene rings is 4. The zero-order valence-electron chi connectivity index (χ0n) is 26.5. The predicted molar refractivity (Wildman–Crippen MR) is 172 cm³/mol. The fourth-order valence-corrected chi connectivity index (χ4v) is 5.66. The van der Waals surface area contributed by atoms with Gasteiger partial charge < -0.3 is 19.9 Å². The zero-order valence-corrected chi connectivity index (χ0v) is 26.5. The quantitative estimate of drug-likeness (QED) is 0.177. The molecule has 1 aliphatic rings. The third kappa shape index (κ3) is 7.86. The van der Waals surface area contributed by atoms with E-state index in [1.165, 1.54) is 12.1 Å². The van der Waals surface area contributed by atoms with Gasteiger partial charge in [0.1, 0.15) is 31.5 Å². The molecule has 0 saturated carbocycles. The molecular formula is C37H36F3N2O6+. The van der Waals surface area contributed by atoms with Gasteiger partial charge in [-0.2, -0.15) is 18.0 Å². The van der Waals surface area contributed by atoms with Crippen molar-refractivity contribution in [3.05, 3.63) is 125 Å². The molecule has 0 aromatic heterocycles. The van der Waals surface area contributed by atoms with Crippen LogP contribution in [0.25, 0.3) is 11.1 Å². The summed E-state index contributed by atoms with van der Waals surface area (Å²) in [5.74, 6) is -1.78. The van der Waals surface area contributed by atoms with Crippen LogP contribution in [-0.4, -0.2) is 46.9 Å². The van der Waals surface area contributed by atoms with Crippen molar-refractivity contribution in [2.24, 2.45) is 0 Å². The van der Waals surface area contributed by atoms with E-state index in [0.29, 0.717) is 28.9 Å².